The summed E-state index contributed by atoms with van der Waals surface area (Å²) in [6, 6.07) is 2.65. The number of halogens is 3. The average Bonchev–Trinajstić information content (AvgIpc) is 3.17. The monoisotopic (exact) mass is 406 g/mol. The number of aryl methyl sites for hydroxylation is 1. The molecule has 1 aliphatic heterocycles. The highest BCUT2D eigenvalue weighted by atomic mass is 19.4. The van der Waals surface area contributed by atoms with Gasteiger partial charge < -0.3 is 19.9 Å². The Balaban J connectivity index is 1.77. The first-order valence-corrected chi connectivity index (χ1v) is 8.85. The van der Waals surface area contributed by atoms with Gasteiger partial charge in [0.15, 0.2) is 0 Å². The highest BCUT2D eigenvalue weighted by Gasteiger charge is 2.31. The molecule has 1 unspecified atom stereocenters. The second-order valence-corrected chi connectivity index (χ2v) is 6.67. The lowest BCUT2D eigenvalue weighted by Crippen LogP contribution is -2.25. The SMILES string of the molecule is Cn1cnc2c(-c3ccc(OC(F)(F)F)cn3)cnc(NC3CCNC3)c2c1=O. The molecule has 152 valence electrons. The number of pyridine rings is 2. The van der Waals surface area contributed by atoms with E-state index in [2.05, 4.69) is 30.3 Å². The maximum absolute atomic E-state index is 12.8. The summed E-state index contributed by atoms with van der Waals surface area (Å²) in [6.45, 7) is 1.63. The summed E-state index contributed by atoms with van der Waals surface area (Å²) in [5, 5.41) is 6.81. The predicted octanol–water partition coefficient (Wildman–Crippen LogP) is 2.06. The Morgan fingerprint density at radius 2 is 2.07 bits per heavy atom. The zero-order chi connectivity index (χ0) is 20.6. The Labute approximate surface area is 162 Å². The number of ether oxygens (including phenoxy) is 1. The van der Waals surface area contributed by atoms with Gasteiger partial charge in [-0.15, -0.1) is 13.2 Å². The van der Waals surface area contributed by atoms with Crippen LogP contribution in [0.15, 0.2) is 35.6 Å². The standard InChI is InChI=1S/C18H17F3N6O2/c1-27-9-25-15-12(13-3-2-11(7-23-13)29-18(19,20)21)8-24-16(14(15)17(27)28)26-10-4-5-22-6-10/h2-3,7-10,22H,4-6H2,1H3,(H,24,26). The Hall–Kier alpha value is -3.21. The Bertz CT molecular complexity index is 1090. The molecule has 1 atom stereocenters. The summed E-state index contributed by atoms with van der Waals surface area (Å²) in [5.74, 6) is -0.0161. The number of nitrogens with zero attached hydrogens (tertiary/aromatic N) is 4. The van der Waals surface area contributed by atoms with E-state index in [0.717, 1.165) is 31.8 Å². The highest BCUT2D eigenvalue weighted by molar-refractivity contribution is 5.97. The van der Waals surface area contributed by atoms with E-state index in [1.54, 1.807) is 7.05 Å². The summed E-state index contributed by atoms with van der Waals surface area (Å²) in [7, 11) is 1.59. The second-order valence-electron chi connectivity index (χ2n) is 6.67. The fraction of sp³-hybridized carbons (Fsp3) is 0.333. The summed E-state index contributed by atoms with van der Waals surface area (Å²) < 4.78 is 42.2. The molecule has 1 saturated heterocycles. The first-order valence-electron chi connectivity index (χ1n) is 8.85. The van der Waals surface area contributed by atoms with E-state index >= 15 is 0 Å². The molecule has 0 spiro atoms. The maximum atomic E-state index is 12.8. The van der Waals surface area contributed by atoms with E-state index in [1.165, 1.54) is 23.2 Å². The lowest BCUT2D eigenvalue weighted by molar-refractivity contribution is -0.274. The molecule has 0 aliphatic carbocycles. The van der Waals surface area contributed by atoms with Crippen LogP contribution in [0.4, 0.5) is 19.0 Å². The van der Waals surface area contributed by atoms with Crippen molar-refractivity contribution in [3.05, 3.63) is 41.2 Å². The summed E-state index contributed by atoms with van der Waals surface area (Å²) in [5.41, 5.74) is 0.849. The zero-order valence-corrected chi connectivity index (χ0v) is 15.3. The van der Waals surface area contributed by atoms with E-state index in [0.29, 0.717) is 28.0 Å². The number of nitrogens with one attached hydrogen (secondary N) is 2. The minimum Gasteiger partial charge on any atom is -0.404 e. The van der Waals surface area contributed by atoms with E-state index in [4.69, 9.17) is 0 Å². The van der Waals surface area contributed by atoms with Crippen LogP contribution < -0.4 is 20.9 Å². The van der Waals surface area contributed by atoms with Crippen LogP contribution in [0.5, 0.6) is 5.75 Å². The minimum absolute atomic E-state index is 0.137. The highest BCUT2D eigenvalue weighted by Crippen LogP contribution is 2.29. The van der Waals surface area contributed by atoms with Gasteiger partial charge in [0, 0.05) is 31.4 Å². The van der Waals surface area contributed by atoms with Crippen LogP contribution in [-0.4, -0.2) is 45.0 Å². The molecule has 0 aromatic carbocycles. The number of aromatic nitrogens is 4. The van der Waals surface area contributed by atoms with E-state index in [1.807, 2.05) is 0 Å². The second kappa shape index (κ2) is 7.32. The van der Waals surface area contributed by atoms with Gasteiger partial charge in [0.05, 0.1) is 23.7 Å². The van der Waals surface area contributed by atoms with Crippen molar-refractivity contribution in [1.29, 1.82) is 0 Å². The third-order valence-corrected chi connectivity index (χ3v) is 4.59. The number of hydrogen-bond donors (Lipinski definition) is 2. The Morgan fingerprint density at radius 1 is 1.24 bits per heavy atom. The molecule has 4 heterocycles. The number of rotatable bonds is 4. The van der Waals surface area contributed by atoms with Crippen LogP contribution in [0.25, 0.3) is 22.2 Å². The first-order chi connectivity index (χ1) is 13.8. The molecule has 2 N–H and O–H groups in total. The number of fused-ring (bicyclic) bond motifs is 1. The van der Waals surface area contributed by atoms with Gasteiger partial charge in [0.2, 0.25) is 0 Å². The third-order valence-electron chi connectivity index (χ3n) is 4.59. The molecular formula is C18H17F3N6O2. The van der Waals surface area contributed by atoms with Gasteiger partial charge in [0.1, 0.15) is 17.0 Å². The van der Waals surface area contributed by atoms with Crippen molar-refractivity contribution in [3.8, 4) is 17.0 Å². The molecule has 4 rings (SSSR count). The van der Waals surface area contributed by atoms with Crippen LogP contribution in [0.3, 0.4) is 0 Å². The fourth-order valence-corrected chi connectivity index (χ4v) is 3.21. The van der Waals surface area contributed by atoms with Crippen molar-refractivity contribution in [1.82, 2.24) is 24.8 Å². The summed E-state index contributed by atoms with van der Waals surface area (Å²) in [4.78, 5) is 25.5. The van der Waals surface area contributed by atoms with Crippen LogP contribution >= 0.6 is 0 Å². The van der Waals surface area contributed by atoms with E-state index in [9.17, 15) is 18.0 Å². The molecule has 1 aliphatic rings. The fourth-order valence-electron chi connectivity index (χ4n) is 3.21. The van der Waals surface area contributed by atoms with Crippen molar-refractivity contribution in [2.45, 2.75) is 18.8 Å². The molecule has 29 heavy (non-hydrogen) atoms. The van der Waals surface area contributed by atoms with Crippen molar-refractivity contribution in [2.24, 2.45) is 7.05 Å². The first kappa shape index (κ1) is 19.1. The maximum Gasteiger partial charge on any atom is 0.573 e. The predicted molar refractivity (Wildman–Crippen MR) is 99.6 cm³/mol. The third kappa shape index (κ3) is 3.99. The molecule has 3 aromatic rings. The number of hydrogen-bond acceptors (Lipinski definition) is 7. The zero-order valence-electron chi connectivity index (χ0n) is 15.3. The van der Waals surface area contributed by atoms with Crippen molar-refractivity contribution in [2.75, 3.05) is 18.4 Å². The van der Waals surface area contributed by atoms with Gasteiger partial charge >= 0.3 is 6.36 Å². The van der Waals surface area contributed by atoms with Gasteiger partial charge in [0.25, 0.3) is 5.56 Å². The van der Waals surface area contributed by atoms with Crippen LogP contribution in [0.1, 0.15) is 6.42 Å². The lowest BCUT2D eigenvalue weighted by atomic mass is 10.1. The topological polar surface area (TPSA) is 94.0 Å². The average molecular weight is 406 g/mol. The van der Waals surface area contributed by atoms with Crippen molar-refractivity contribution >= 4 is 16.7 Å². The molecule has 3 aromatic heterocycles. The van der Waals surface area contributed by atoms with E-state index < -0.39 is 12.1 Å². The van der Waals surface area contributed by atoms with Crippen LogP contribution in [0, 0.1) is 0 Å². The Kier molecular flexibility index (Phi) is 4.82. The molecule has 0 amide bonds. The van der Waals surface area contributed by atoms with Crippen LogP contribution in [0.2, 0.25) is 0 Å². The Morgan fingerprint density at radius 3 is 2.72 bits per heavy atom. The van der Waals surface area contributed by atoms with Crippen molar-refractivity contribution < 1.29 is 17.9 Å². The number of anilines is 1. The van der Waals surface area contributed by atoms with Crippen molar-refractivity contribution in [3.63, 3.8) is 0 Å². The molecule has 8 nitrogen and oxygen atoms in total. The minimum atomic E-state index is -4.80. The van der Waals surface area contributed by atoms with Gasteiger partial charge in [-0.2, -0.15) is 0 Å². The molecular weight excluding hydrogens is 389 g/mol. The largest absolute Gasteiger partial charge is 0.573 e. The number of alkyl halides is 3. The summed E-state index contributed by atoms with van der Waals surface area (Å²) >= 11 is 0. The quantitative estimate of drug-likeness (QED) is 0.685. The molecule has 11 heteroatoms. The molecule has 0 radical (unpaired) electrons. The van der Waals surface area contributed by atoms with Gasteiger partial charge in [-0.1, -0.05) is 0 Å². The van der Waals surface area contributed by atoms with Crippen LogP contribution in [-0.2, 0) is 7.05 Å². The smallest absolute Gasteiger partial charge is 0.404 e. The summed E-state index contributed by atoms with van der Waals surface area (Å²) in [6.07, 6.45) is -0.0459. The van der Waals surface area contributed by atoms with Gasteiger partial charge in [-0.25, -0.2) is 9.97 Å². The molecule has 1 fully saturated rings. The van der Waals surface area contributed by atoms with Gasteiger partial charge in [-0.3, -0.25) is 9.78 Å². The molecule has 0 bridgehead atoms. The lowest BCUT2D eigenvalue weighted by Gasteiger charge is -2.15. The normalized spacial score (nSPS) is 16.9. The molecule has 0 saturated carbocycles. The van der Waals surface area contributed by atoms with Gasteiger partial charge in [-0.05, 0) is 25.1 Å². The van der Waals surface area contributed by atoms with E-state index in [-0.39, 0.29) is 11.6 Å².